The Bertz CT molecular complexity index is 451. The maximum absolute atomic E-state index is 10.8. The van der Waals surface area contributed by atoms with Gasteiger partial charge in [0, 0.05) is 22.7 Å². The molecule has 4 nitrogen and oxygen atoms in total. The predicted octanol–water partition coefficient (Wildman–Crippen LogP) is 2.65. The number of nitrogens with one attached hydrogen (secondary N) is 1. The molecule has 2 rings (SSSR count). The highest BCUT2D eigenvalue weighted by atomic mass is 79.9. The molecule has 0 aliphatic carbocycles. The number of halogens is 1. The molecular formula is C13H17BrN2O2. The third kappa shape index (κ3) is 3.03. The molecule has 0 saturated carbocycles. The number of carbonyl (C=O) groups is 1. The number of benzene rings is 1. The predicted molar refractivity (Wildman–Crippen MR) is 75.2 cm³/mol. The van der Waals surface area contributed by atoms with Gasteiger partial charge >= 0.3 is 5.97 Å². The van der Waals surface area contributed by atoms with E-state index in [1.807, 2.05) is 6.07 Å². The second-order valence-electron chi connectivity index (χ2n) is 4.66. The molecule has 0 aromatic heterocycles. The molecule has 1 heterocycles. The number of rotatable bonds is 4. The van der Waals surface area contributed by atoms with E-state index in [0.717, 1.165) is 23.2 Å². The summed E-state index contributed by atoms with van der Waals surface area (Å²) in [6.45, 7) is 2.05. The van der Waals surface area contributed by atoms with E-state index in [1.165, 1.54) is 12.8 Å². The van der Waals surface area contributed by atoms with E-state index >= 15 is 0 Å². The summed E-state index contributed by atoms with van der Waals surface area (Å²) in [6, 6.07) is 5.62. The number of aromatic carboxylic acids is 1. The fraction of sp³-hybridized carbons (Fsp3) is 0.462. The van der Waals surface area contributed by atoms with Gasteiger partial charge in [0.25, 0.3) is 0 Å². The summed E-state index contributed by atoms with van der Waals surface area (Å²) in [5.41, 5.74) is 1.24. The van der Waals surface area contributed by atoms with Gasteiger partial charge in [0.2, 0.25) is 0 Å². The number of carboxylic acids is 1. The zero-order chi connectivity index (χ0) is 13.1. The summed E-state index contributed by atoms with van der Waals surface area (Å²) >= 11 is 3.40. The second kappa shape index (κ2) is 5.71. The monoisotopic (exact) mass is 312 g/mol. The fourth-order valence-corrected chi connectivity index (χ4v) is 2.78. The number of hydrogen-bond donors (Lipinski definition) is 2. The summed E-state index contributed by atoms with van der Waals surface area (Å²) in [5.74, 6) is -0.905. The van der Waals surface area contributed by atoms with Crippen molar-refractivity contribution in [3.63, 3.8) is 0 Å². The van der Waals surface area contributed by atoms with Crippen LogP contribution in [0.1, 0.15) is 23.2 Å². The zero-order valence-corrected chi connectivity index (χ0v) is 11.9. The summed E-state index contributed by atoms with van der Waals surface area (Å²) in [5, 5.41) is 12.3. The number of carboxylic acid groups (broad SMARTS) is 1. The van der Waals surface area contributed by atoms with E-state index in [4.69, 9.17) is 5.11 Å². The molecule has 98 valence electrons. The number of hydrogen-bond acceptors (Lipinski definition) is 3. The Hall–Kier alpha value is -1.07. The van der Waals surface area contributed by atoms with Gasteiger partial charge in [-0.3, -0.25) is 0 Å². The van der Waals surface area contributed by atoms with E-state index in [-0.39, 0.29) is 0 Å². The summed E-state index contributed by atoms with van der Waals surface area (Å²) < 4.78 is 0.794. The highest BCUT2D eigenvalue weighted by Gasteiger charge is 2.20. The standard InChI is InChI=1S/C13H17BrN2O2/c1-16-6-2-3-10(16)8-15-12-5-4-9(13(17)18)7-11(12)14/h4-5,7,10,15H,2-3,6,8H2,1H3,(H,17,18). The van der Waals surface area contributed by atoms with Crippen LogP contribution in [-0.2, 0) is 0 Å². The van der Waals surface area contributed by atoms with Gasteiger partial charge in [0.05, 0.1) is 5.56 Å². The molecule has 0 amide bonds. The van der Waals surface area contributed by atoms with Crippen molar-refractivity contribution < 1.29 is 9.90 Å². The van der Waals surface area contributed by atoms with Crippen LogP contribution >= 0.6 is 15.9 Å². The molecular weight excluding hydrogens is 296 g/mol. The van der Waals surface area contributed by atoms with Gasteiger partial charge in [-0.05, 0) is 60.6 Å². The summed E-state index contributed by atoms with van der Waals surface area (Å²) in [7, 11) is 2.14. The molecule has 5 heteroatoms. The topological polar surface area (TPSA) is 52.6 Å². The Balaban J connectivity index is 1.99. The van der Waals surface area contributed by atoms with Crippen LogP contribution in [0.2, 0.25) is 0 Å². The number of likely N-dealkylation sites (tertiary alicyclic amines) is 1. The maximum atomic E-state index is 10.8. The molecule has 1 aromatic carbocycles. The van der Waals surface area contributed by atoms with Crippen LogP contribution in [0.5, 0.6) is 0 Å². The van der Waals surface area contributed by atoms with Crippen molar-refractivity contribution in [2.75, 3.05) is 25.5 Å². The van der Waals surface area contributed by atoms with Crippen molar-refractivity contribution in [1.29, 1.82) is 0 Å². The third-order valence-corrected chi connectivity index (χ3v) is 4.07. The molecule has 1 aliphatic heterocycles. The van der Waals surface area contributed by atoms with Crippen molar-refractivity contribution in [3.05, 3.63) is 28.2 Å². The molecule has 1 saturated heterocycles. The summed E-state index contributed by atoms with van der Waals surface area (Å²) in [6.07, 6.45) is 2.47. The minimum Gasteiger partial charge on any atom is -0.478 e. The lowest BCUT2D eigenvalue weighted by Gasteiger charge is -2.20. The van der Waals surface area contributed by atoms with Gasteiger partial charge in [0.1, 0.15) is 0 Å². The lowest BCUT2D eigenvalue weighted by Crippen LogP contribution is -2.31. The van der Waals surface area contributed by atoms with Crippen LogP contribution in [0.15, 0.2) is 22.7 Å². The molecule has 1 atom stereocenters. The molecule has 0 bridgehead atoms. The van der Waals surface area contributed by atoms with Crippen molar-refractivity contribution in [3.8, 4) is 0 Å². The van der Waals surface area contributed by atoms with Gasteiger partial charge in [-0.15, -0.1) is 0 Å². The fourth-order valence-electron chi connectivity index (χ4n) is 2.26. The smallest absolute Gasteiger partial charge is 0.335 e. The van der Waals surface area contributed by atoms with E-state index in [9.17, 15) is 4.79 Å². The van der Waals surface area contributed by atoms with Crippen LogP contribution in [-0.4, -0.2) is 42.2 Å². The van der Waals surface area contributed by atoms with Crippen molar-refractivity contribution in [1.82, 2.24) is 4.90 Å². The Morgan fingerprint density at radius 2 is 2.39 bits per heavy atom. The highest BCUT2D eigenvalue weighted by Crippen LogP contribution is 2.24. The normalized spacial score (nSPS) is 20.0. The van der Waals surface area contributed by atoms with Crippen LogP contribution in [0.25, 0.3) is 0 Å². The number of nitrogens with zero attached hydrogens (tertiary/aromatic N) is 1. The van der Waals surface area contributed by atoms with Gasteiger partial charge < -0.3 is 15.3 Å². The van der Waals surface area contributed by atoms with E-state index in [2.05, 4.69) is 33.2 Å². The third-order valence-electron chi connectivity index (χ3n) is 3.42. The molecule has 0 radical (unpaired) electrons. The van der Waals surface area contributed by atoms with Crippen molar-refractivity contribution in [2.24, 2.45) is 0 Å². The minimum absolute atomic E-state index is 0.297. The first-order valence-corrected chi connectivity index (χ1v) is 6.84. The van der Waals surface area contributed by atoms with Crippen LogP contribution < -0.4 is 5.32 Å². The SMILES string of the molecule is CN1CCCC1CNc1ccc(C(=O)O)cc1Br. The zero-order valence-electron chi connectivity index (χ0n) is 10.3. The Morgan fingerprint density at radius 3 is 2.94 bits per heavy atom. The van der Waals surface area contributed by atoms with Gasteiger partial charge in [-0.25, -0.2) is 4.79 Å². The molecule has 18 heavy (non-hydrogen) atoms. The lowest BCUT2D eigenvalue weighted by molar-refractivity contribution is 0.0697. The molecule has 1 fully saturated rings. The van der Waals surface area contributed by atoms with Crippen LogP contribution in [0.4, 0.5) is 5.69 Å². The maximum Gasteiger partial charge on any atom is 0.335 e. The van der Waals surface area contributed by atoms with E-state index < -0.39 is 5.97 Å². The highest BCUT2D eigenvalue weighted by molar-refractivity contribution is 9.10. The molecule has 0 spiro atoms. The lowest BCUT2D eigenvalue weighted by atomic mass is 10.2. The average molecular weight is 313 g/mol. The largest absolute Gasteiger partial charge is 0.478 e. The van der Waals surface area contributed by atoms with Crippen LogP contribution in [0.3, 0.4) is 0 Å². The first kappa shape index (κ1) is 13.4. The average Bonchev–Trinajstić information content (AvgIpc) is 2.73. The molecule has 2 N–H and O–H groups in total. The Kier molecular flexibility index (Phi) is 4.24. The van der Waals surface area contributed by atoms with Gasteiger partial charge in [-0.2, -0.15) is 0 Å². The van der Waals surface area contributed by atoms with Crippen molar-refractivity contribution >= 4 is 27.6 Å². The molecule has 1 aromatic rings. The number of likely N-dealkylation sites (N-methyl/N-ethyl adjacent to an activating group) is 1. The first-order valence-electron chi connectivity index (χ1n) is 6.05. The van der Waals surface area contributed by atoms with E-state index in [1.54, 1.807) is 12.1 Å². The Morgan fingerprint density at radius 1 is 1.61 bits per heavy atom. The van der Waals surface area contributed by atoms with Crippen LogP contribution in [0, 0.1) is 0 Å². The Labute approximate surface area is 115 Å². The van der Waals surface area contributed by atoms with Gasteiger partial charge in [0.15, 0.2) is 0 Å². The summed E-state index contributed by atoms with van der Waals surface area (Å²) in [4.78, 5) is 13.2. The van der Waals surface area contributed by atoms with Crippen molar-refractivity contribution in [2.45, 2.75) is 18.9 Å². The van der Waals surface area contributed by atoms with E-state index in [0.29, 0.717) is 11.6 Å². The quantitative estimate of drug-likeness (QED) is 0.897. The second-order valence-corrected chi connectivity index (χ2v) is 5.51. The number of anilines is 1. The molecule has 1 unspecified atom stereocenters. The minimum atomic E-state index is -0.905. The van der Waals surface area contributed by atoms with Gasteiger partial charge in [-0.1, -0.05) is 0 Å². The first-order chi connectivity index (χ1) is 8.58. The molecule has 1 aliphatic rings.